The van der Waals surface area contributed by atoms with Crippen molar-refractivity contribution in [2.24, 2.45) is 23.7 Å². The van der Waals surface area contributed by atoms with E-state index in [1.165, 1.54) is 0 Å². The average molecular weight is 551 g/mol. The zero-order valence-electron chi connectivity index (χ0n) is 22.2. The van der Waals surface area contributed by atoms with Crippen molar-refractivity contribution in [3.05, 3.63) is 36.5 Å². The quantitative estimate of drug-likeness (QED) is 0.249. The standard InChI is InChI=1S/C28H38O11/c29-25-21-7-1-3-9-23(21)27(31)38-19-17-34-15-13-33-14-16-35-18-20-39-28(32)24-10-4-2-8-22(24)26(30)37-12-6-5-11-36-25/h1-6,21-24H,7-20H2/b6-5+/t21-,22+,23+,24-. The highest BCUT2D eigenvalue weighted by Gasteiger charge is 2.37. The summed E-state index contributed by atoms with van der Waals surface area (Å²) in [4.78, 5) is 50.4. The Labute approximate surface area is 228 Å². The van der Waals surface area contributed by atoms with Crippen LogP contribution in [-0.2, 0) is 52.3 Å². The molecule has 11 heteroatoms. The van der Waals surface area contributed by atoms with Gasteiger partial charge in [-0.15, -0.1) is 0 Å². The lowest BCUT2D eigenvalue weighted by molar-refractivity contribution is -0.161. The molecule has 0 spiro atoms. The molecule has 11 nitrogen and oxygen atoms in total. The molecule has 0 N–H and O–H groups in total. The highest BCUT2D eigenvalue weighted by molar-refractivity contribution is 5.83. The van der Waals surface area contributed by atoms with Crippen LogP contribution in [0.3, 0.4) is 0 Å². The van der Waals surface area contributed by atoms with E-state index in [4.69, 9.17) is 33.2 Å². The monoisotopic (exact) mass is 550 g/mol. The van der Waals surface area contributed by atoms with Gasteiger partial charge < -0.3 is 33.2 Å². The molecule has 1 heterocycles. The van der Waals surface area contributed by atoms with Gasteiger partial charge in [0.1, 0.15) is 26.4 Å². The molecular formula is C28H38O11. The highest BCUT2D eigenvalue weighted by Crippen LogP contribution is 2.29. The van der Waals surface area contributed by atoms with Crippen LogP contribution in [0.25, 0.3) is 0 Å². The van der Waals surface area contributed by atoms with E-state index in [1.807, 2.05) is 24.3 Å². The van der Waals surface area contributed by atoms with Gasteiger partial charge in [0, 0.05) is 0 Å². The summed E-state index contributed by atoms with van der Waals surface area (Å²) >= 11 is 0. The molecule has 0 saturated carbocycles. The van der Waals surface area contributed by atoms with Gasteiger partial charge in [0.05, 0.1) is 63.3 Å². The number of allylic oxidation sites excluding steroid dienone is 4. The third kappa shape index (κ3) is 10.6. The Bertz CT molecular complexity index is 824. The van der Waals surface area contributed by atoms with Crippen LogP contribution in [0.5, 0.6) is 0 Å². The Hall–Kier alpha value is -3.02. The summed E-state index contributed by atoms with van der Waals surface area (Å²) in [6.45, 7) is 1.83. The lowest BCUT2D eigenvalue weighted by Crippen LogP contribution is -2.34. The van der Waals surface area contributed by atoms with Gasteiger partial charge in [-0.1, -0.05) is 24.3 Å². The molecule has 0 fully saturated rings. The first-order valence-electron chi connectivity index (χ1n) is 13.4. The molecule has 3 rings (SSSR count). The number of ether oxygens (including phenoxy) is 7. The average Bonchev–Trinajstić information content (AvgIpc) is 2.96. The fraction of sp³-hybridized carbons (Fsp3) is 0.643. The van der Waals surface area contributed by atoms with Crippen molar-refractivity contribution in [2.75, 3.05) is 66.1 Å². The molecule has 2 aliphatic carbocycles. The molecule has 0 bridgehead atoms. The summed E-state index contributed by atoms with van der Waals surface area (Å²) < 4.78 is 37.6. The zero-order chi connectivity index (χ0) is 27.7. The van der Waals surface area contributed by atoms with E-state index < -0.39 is 47.5 Å². The lowest BCUT2D eigenvalue weighted by atomic mass is 9.83. The Kier molecular flexibility index (Phi) is 13.7. The molecule has 0 amide bonds. The molecule has 39 heavy (non-hydrogen) atoms. The topological polar surface area (TPSA) is 133 Å². The van der Waals surface area contributed by atoms with Crippen molar-refractivity contribution >= 4 is 23.9 Å². The lowest BCUT2D eigenvalue weighted by Gasteiger charge is -2.25. The number of hydrogen-bond acceptors (Lipinski definition) is 11. The summed E-state index contributed by atoms with van der Waals surface area (Å²) in [6, 6.07) is 0. The highest BCUT2D eigenvalue weighted by atomic mass is 16.6. The molecule has 0 aromatic carbocycles. The molecule has 0 aromatic rings. The van der Waals surface area contributed by atoms with Crippen molar-refractivity contribution in [1.82, 2.24) is 0 Å². The molecule has 216 valence electrons. The van der Waals surface area contributed by atoms with Gasteiger partial charge >= 0.3 is 23.9 Å². The van der Waals surface area contributed by atoms with E-state index >= 15 is 0 Å². The first-order valence-corrected chi connectivity index (χ1v) is 13.4. The third-order valence-corrected chi connectivity index (χ3v) is 6.57. The first kappa shape index (κ1) is 30.5. The molecular weight excluding hydrogens is 512 g/mol. The van der Waals surface area contributed by atoms with Crippen LogP contribution >= 0.6 is 0 Å². The minimum absolute atomic E-state index is 0.0303. The largest absolute Gasteiger partial charge is 0.463 e. The molecule has 0 aromatic heterocycles. The maximum absolute atomic E-state index is 12.6. The summed E-state index contributed by atoms with van der Waals surface area (Å²) in [7, 11) is 0. The van der Waals surface area contributed by atoms with Gasteiger partial charge in [-0.05, 0) is 37.8 Å². The molecule has 3 aliphatic rings. The van der Waals surface area contributed by atoms with Crippen LogP contribution in [0.1, 0.15) is 25.7 Å². The zero-order valence-corrected chi connectivity index (χ0v) is 22.2. The van der Waals surface area contributed by atoms with Crippen LogP contribution in [-0.4, -0.2) is 89.9 Å². The van der Waals surface area contributed by atoms with Gasteiger partial charge in [0.2, 0.25) is 0 Å². The molecule has 4 atom stereocenters. The van der Waals surface area contributed by atoms with Gasteiger partial charge in [0.25, 0.3) is 0 Å². The number of cyclic esters (lactones) is 4. The van der Waals surface area contributed by atoms with Crippen molar-refractivity contribution < 1.29 is 52.3 Å². The minimum atomic E-state index is -0.635. The third-order valence-electron chi connectivity index (χ3n) is 6.57. The van der Waals surface area contributed by atoms with Crippen LogP contribution in [0.2, 0.25) is 0 Å². The molecule has 0 saturated heterocycles. The molecule has 0 radical (unpaired) electrons. The maximum Gasteiger partial charge on any atom is 0.310 e. The number of fused-ring (bicyclic) bond motifs is 2. The van der Waals surface area contributed by atoms with E-state index in [1.54, 1.807) is 12.2 Å². The Morgan fingerprint density at radius 3 is 1.00 bits per heavy atom. The van der Waals surface area contributed by atoms with E-state index in [-0.39, 0.29) is 39.6 Å². The Morgan fingerprint density at radius 2 is 0.667 bits per heavy atom. The normalized spacial score (nSPS) is 30.4. The number of esters is 4. The summed E-state index contributed by atoms with van der Waals surface area (Å²) in [5, 5.41) is 0. The second-order valence-electron chi connectivity index (χ2n) is 9.22. The van der Waals surface area contributed by atoms with E-state index in [0.717, 1.165) is 0 Å². The number of hydrogen-bond donors (Lipinski definition) is 0. The van der Waals surface area contributed by atoms with Gasteiger partial charge in [0.15, 0.2) is 0 Å². The van der Waals surface area contributed by atoms with Gasteiger partial charge in [-0.2, -0.15) is 0 Å². The Morgan fingerprint density at radius 1 is 0.385 bits per heavy atom. The summed E-state index contributed by atoms with van der Waals surface area (Å²) in [6.07, 6.45) is 12.1. The minimum Gasteiger partial charge on any atom is -0.463 e. The van der Waals surface area contributed by atoms with E-state index in [9.17, 15) is 19.2 Å². The van der Waals surface area contributed by atoms with E-state index in [0.29, 0.717) is 52.1 Å². The number of carbonyl (C=O) groups excluding carboxylic acids is 4. The van der Waals surface area contributed by atoms with Crippen LogP contribution in [0, 0.1) is 23.7 Å². The summed E-state index contributed by atoms with van der Waals surface area (Å²) in [5.41, 5.74) is 0. The second-order valence-corrected chi connectivity index (χ2v) is 9.22. The van der Waals surface area contributed by atoms with Crippen LogP contribution in [0.4, 0.5) is 0 Å². The smallest absolute Gasteiger partial charge is 0.310 e. The fourth-order valence-electron chi connectivity index (χ4n) is 4.44. The van der Waals surface area contributed by atoms with Crippen LogP contribution < -0.4 is 0 Å². The van der Waals surface area contributed by atoms with Crippen molar-refractivity contribution in [3.63, 3.8) is 0 Å². The molecule has 0 unspecified atom stereocenters. The van der Waals surface area contributed by atoms with Crippen molar-refractivity contribution in [1.29, 1.82) is 0 Å². The number of rotatable bonds is 0. The van der Waals surface area contributed by atoms with Gasteiger partial charge in [-0.25, -0.2) is 0 Å². The van der Waals surface area contributed by atoms with Crippen LogP contribution in [0.15, 0.2) is 36.5 Å². The number of carbonyl (C=O) groups is 4. The maximum atomic E-state index is 12.6. The molecule has 1 aliphatic heterocycles. The SMILES string of the molecule is O=C1OCCOCCOCCOCCOC(=O)[C@@H]2CC=CC[C@@H]2C(=O)OC/C=C/COC(=O)[C@@H]2CC=CC[C@H]12. The fourth-order valence-corrected chi connectivity index (χ4v) is 4.44. The van der Waals surface area contributed by atoms with Gasteiger partial charge in [-0.3, -0.25) is 19.2 Å². The predicted octanol–water partition coefficient (Wildman–Crippen LogP) is 1.94. The van der Waals surface area contributed by atoms with Crippen molar-refractivity contribution in [2.45, 2.75) is 25.7 Å². The first-order chi connectivity index (χ1) is 19.1. The second kappa shape index (κ2) is 17.5. The predicted molar refractivity (Wildman–Crippen MR) is 136 cm³/mol. The van der Waals surface area contributed by atoms with Crippen molar-refractivity contribution in [3.8, 4) is 0 Å². The Balaban J connectivity index is 1.54. The summed E-state index contributed by atoms with van der Waals surface area (Å²) in [5.74, 6) is -4.42. The van der Waals surface area contributed by atoms with E-state index in [2.05, 4.69) is 0 Å².